The molecule has 0 atom stereocenters. The van der Waals surface area contributed by atoms with Gasteiger partial charge in [-0.05, 0) is 43.5 Å². The highest BCUT2D eigenvalue weighted by atomic mass is 16.4. The molecule has 0 saturated carbocycles. The Bertz CT molecular complexity index is 488. The Morgan fingerprint density at radius 1 is 1.17 bits per heavy atom. The molecule has 1 amide bonds. The number of carboxylic acids is 1. The van der Waals surface area contributed by atoms with Gasteiger partial charge in [0.15, 0.2) is 0 Å². The monoisotopic (exact) mass is 245 g/mol. The Kier molecular flexibility index (Phi) is 3.77. The van der Waals surface area contributed by atoms with Gasteiger partial charge in [-0.2, -0.15) is 0 Å². The zero-order valence-electron chi connectivity index (χ0n) is 9.98. The molecular weight excluding hydrogens is 230 g/mol. The summed E-state index contributed by atoms with van der Waals surface area (Å²) in [5.74, 6) is -1.15. The number of carbonyl (C=O) groups excluding carboxylic acids is 1. The van der Waals surface area contributed by atoms with E-state index in [1.807, 2.05) is 0 Å². The summed E-state index contributed by atoms with van der Waals surface area (Å²) in [5, 5.41) is 11.6. The van der Waals surface area contributed by atoms with E-state index in [-0.39, 0.29) is 11.5 Å². The van der Waals surface area contributed by atoms with Gasteiger partial charge in [0.05, 0.1) is 5.56 Å². The van der Waals surface area contributed by atoms with Crippen LogP contribution in [0.3, 0.4) is 0 Å². The standard InChI is InChI=1S/C14H15NO3/c16-13(15-9-10-3-1-2-4-10)11-5-7-12(8-6-11)14(17)18/h3,5-8H,1-2,4,9H2,(H,15,16)(H,17,18). The quantitative estimate of drug-likeness (QED) is 0.799. The van der Waals surface area contributed by atoms with E-state index in [2.05, 4.69) is 11.4 Å². The van der Waals surface area contributed by atoms with E-state index >= 15 is 0 Å². The Morgan fingerprint density at radius 2 is 1.83 bits per heavy atom. The Hall–Kier alpha value is -2.10. The van der Waals surface area contributed by atoms with Crippen molar-refractivity contribution < 1.29 is 14.7 Å². The summed E-state index contributed by atoms with van der Waals surface area (Å²) < 4.78 is 0. The maximum atomic E-state index is 11.8. The van der Waals surface area contributed by atoms with Crippen molar-refractivity contribution >= 4 is 11.9 Å². The maximum Gasteiger partial charge on any atom is 0.335 e. The van der Waals surface area contributed by atoms with Crippen molar-refractivity contribution in [3.05, 3.63) is 47.0 Å². The first-order valence-electron chi connectivity index (χ1n) is 5.96. The first kappa shape index (κ1) is 12.4. The summed E-state index contributed by atoms with van der Waals surface area (Å²) in [5.41, 5.74) is 1.94. The van der Waals surface area contributed by atoms with Crippen LogP contribution >= 0.6 is 0 Å². The van der Waals surface area contributed by atoms with Crippen molar-refractivity contribution in [3.63, 3.8) is 0 Å². The third-order valence-corrected chi connectivity index (χ3v) is 3.01. The molecule has 94 valence electrons. The number of carbonyl (C=O) groups is 2. The summed E-state index contributed by atoms with van der Waals surface area (Å²) in [7, 11) is 0. The number of hydrogen-bond donors (Lipinski definition) is 2. The largest absolute Gasteiger partial charge is 0.478 e. The van der Waals surface area contributed by atoms with Crippen LogP contribution in [0.4, 0.5) is 0 Å². The van der Waals surface area contributed by atoms with E-state index in [1.165, 1.54) is 36.3 Å². The van der Waals surface area contributed by atoms with Crippen molar-refractivity contribution in [1.29, 1.82) is 0 Å². The molecule has 4 heteroatoms. The van der Waals surface area contributed by atoms with Gasteiger partial charge in [0.1, 0.15) is 0 Å². The molecule has 0 fully saturated rings. The second-order valence-electron chi connectivity index (χ2n) is 4.32. The summed E-state index contributed by atoms with van der Waals surface area (Å²) in [6, 6.07) is 5.93. The molecule has 0 bridgehead atoms. The summed E-state index contributed by atoms with van der Waals surface area (Å²) in [6.45, 7) is 0.583. The van der Waals surface area contributed by atoms with Gasteiger partial charge in [0.2, 0.25) is 0 Å². The van der Waals surface area contributed by atoms with Crippen LogP contribution in [0.2, 0.25) is 0 Å². The zero-order chi connectivity index (χ0) is 13.0. The predicted octanol–water partition coefficient (Wildman–Crippen LogP) is 2.22. The molecule has 1 aliphatic carbocycles. The fourth-order valence-corrected chi connectivity index (χ4v) is 1.96. The van der Waals surface area contributed by atoms with Crippen molar-refractivity contribution in [2.45, 2.75) is 19.3 Å². The van der Waals surface area contributed by atoms with Crippen LogP contribution in [0.25, 0.3) is 0 Å². The predicted molar refractivity (Wildman–Crippen MR) is 67.7 cm³/mol. The van der Waals surface area contributed by atoms with E-state index in [0.717, 1.165) is 12.8 Å². The molecule has 0 spiro atoms. The number of rotatable bonds is 4. The van der Waals surface area contributed by atoms with E-state index < -0.39 is 5.97 Å². The highest BCUT2D eigenvalue weighted by Crippen LogP contribution is 2.16. The van der Waals surface area contributed by atoms with E-state index in [1.54, 1.807) is 0 Å². The van der Waals surface area contributed by atoms with Crippen LogP contribution in [0.15, 0.2) is 35.9 Å². The van der Waals surface area contributed by atoms with Gasteiger partial charge in [-0.25, -0.2) is 4.79 Å². The number of amides is 1. The summed E-state index contributed by atoms with van der Waals surface area (Å²) in [4.78, 5) is 22.5. The average molecular weight is 245 g/mol. The molecular formula is C14H15NO3. The molecule has 1 aromatic carbocycles. The third kappa shape index (κ3) is 2.97. The molecule has 18 heavy (non-hydrogen) atoms. The molecule has 0 saturated heterocycles. The van der Waals surface area contributed by atoms with Gasteiger partial charge in [-0.1, -0.05) is 11.6 Å². The Morgan fingerprint density at radius 3 is 2.39 bits per heavy atom. The van der Waals surface area contributed by atoms with Crippen molar-refractivity contribution in [3.8, 4) is 0 Å². The highest BCUT2D eigenvalue weighted by molar-refractivity contribution is 5.95. The SMILES string of the molecule is O=C(O)c1ccc(C(=O)NCC2=CCCC2)cc1. The second-order valence-corrected chi connectivity index (χ2v) is 4.32. The first-order chi connectivity index (χ1) is 8.66. The smallest absolute Gasteiger partial charge is 0.335 e. The number of aromatic carboxylic acids is 1. The molecule has 2 N–H and O–H groups in total. The lowest BCUT2D eigenvalue weighted by atomic mass is 10.1. The van der Waals surface area contributed by atoms with Gasteiger partial charge in [0, 0.05) is 12.1 Å². The summed E-state index contributed by atoms with van der Waals surface area (Å²) in [6.07, 6.45) is 5.48. The maximum absolute atomic E-state index is 11.8. The van der Waals surface area contributed by atoms with Crippen LogP contribution in [-0.2, 0) is 0 Å². The lowest BCUT2D eigenvalue weighted by Gasteiger charge is -2.06. The number of allylic oxidation sites excluding steroid dienone is 1. The molecule has 0 heterocycles. The van der Waals surface area contributed by atoms with Crippen LogP contribution in [0.5, 0.6) is 0 Å². The normalized spacial score (nSPS) is 14.1. The highest BCUT2D eigenvalue weighted by Gasteiger charge is 2.09. The lowest BCUT2D eigenvalue weighted by molar-refractivity contribution is 0.0696. The van der Waals surface area contributed by atoms with Crippen LogP contribution in [-0.4, -0.2) is 23.5 Å². The van der Waals surface area contributed by atoms with Crippen LogP contribution < -0.4 is 5.32 Å². The van der Waals surface area contributed by atoms with Gasteiger partial charge < -0.3 is 10.4 Å². The van der Waals surface area contributed by atoms with Gasteiger partial charge in [0.25, 0.3) is 5.91 Å². The molecule has 2 rings (SSSR count). The number of nitrogens with one attached hydrogen (secondary N) is 1. The van der Waals surface area contributed by atoms with Crippen molar-refractivity contribution in [1.82, 2.24) is 5.32 Å². The zero-order valence-corrected chi connectivity index (χ0v) is 9.98. The minimum atomic E-state index is -0.988. The molecule has 1 aliphatic rings. The molecule has 0 aliphatic heterocycles. The number of hydrogen-bond acceptors (Lipinski definition) is 2. The molecule has 0 unspecified atom stereocenters. The van der Waals surface area contributed by atoms with E-state index in [0.29, 0.717) is 12.1 Å². The van der Waals surface area contributed by atoms with Crippen molar-refractivity contribution in [2.24, 2.45) is 0 Å². The van der Waals surface area contributed by atoms with E-state index in [9.17, 15) is 9.59 Å². The number of benzene rings is 1. The Balaban J connectivity index is 1.94. The topological polar surface area (TPSA) is 66.4 Å². The molecule has 0 aromatic heterocycles. The van der Waals surface area contributed by atoms with Crippen molar-refractivity contribution in [2.75, 3.05) is 6.54 Å². The average Bonchev–Trinajstić information content (AvgIpc) is 2.89. The van der Waals surface area contributed by atoms with Crippen LogP contribution in [0.1, 0.15) is 40.0 Å². The minimum Gasteiger partial charge on any atom is -0.478 e. The fraction of sp³-hybridized carbons (Fsp3) is 0.286. The Labute approximate surface area is 105 Å². The fourth-order valence-electron chi connectivity index (χ4n) is 1.96. The molecule has 0 radical (unpaired) electrons. The van der Waals surface area contributed by atoms with E-state index in [4.69, 9.17) is 5.11 Å². The first-order valence-corrected chi connectivity index (χ1v) is 5.96. The second kappa shape index (κ2) is 5.49. The van der Waals surface area contributed by atoms with Gasteiger partial charge in [-0.15, -0.1) is 0 Å². The third-order valence-electron chi connectivity index (χ3n) is 3.01. The van der Waals surface area contributed by atoms with Crippen LogP contribution in [0, 0.1) is 0 Å². The molecule has 1 aromatic rings. The summed E-state index contributed by atoms with van der Waals surface area (Å²) >= 11 is 0. The minimum absolute atomic E-state index is 0.167. The van der Waals surface area contributed by atoms with Gasteiger partial charge in [-0.3, -0.25) is 4.79 Å². The number of carboxylic acid groups (broad SMARTS) is 1. The van der Waals surface area contributed by atoms with Gasteiger partial charge >= 0.3 is 5.97 Å². The lowest BCUT2D eigenvalue weighted by Crippen LogP contribution is -2.25. The molecule has 4 nitrogen and oxygen atoms in total.